The zero-order valence-electron chi connectivity index (χ0n) is 10.6. The Hall–Kier alpha value is -2.48. The zero-order chi connectivity index (χ0) is 13.7. The molecule has 0 saturated carbocycles. The van der Waals surface area contributed by atoms with Crippen molar-refractivity contribution in [2.45, 2.75) is 13.8 Å². The van der Waals surface area contributed by atoms with Gasteiger partial charge in [0.05, 0.1) is 12.8 Å². The van der Waals surface area contributed by atoms with Crippen molar-refractivity contribution in [2.24, 2.45) is 5.84 Å². The molecular weight excluding hydrogens is 248 g/mol. The summed E-state index contributed by atoms with van der Waals surface area (Å²) in [5, 5.41) is 0. The van der Waals surface area contributed by atoms with Gasteiger partial charge in [0, 0.05) is 5.69 Å². The van der Waals surface area contributed by atoms with E-state index in [0.29, 0.717) is 12.4 Å². The van der Waals surface area contributed by atoms with E-state index < -0.39 is 0 Å². The SMILES string of the molecule is CCOc1nc(NN)nc(Oc2ccc(C)nc2)n1. The lowest BCUT2D eigenvalue weighted by Crippen LogP contribution is -2.12. The maximum atomic E-state index is 5.46. The predicted octanol–water partition coefficient (Wildman–Crippen LogP) is 1.05. The van der Waals surface area contributed by atoms with Crippen LogP contribution in [0.2, 0.25) is 0 Å². The predicted molar refractivity (Wildman–Crippen MR) is 67.9 cm³/mol. The number of ether oxygens (including phenoxy) is 2. The summed E-state index contributed by atoms with van der Waals surface area (Å²) in [6.45, 7) is 4.14. The summed E-state index contributed by atoms with van der Waals surface area (Å²) in [5.74, 6) is 5.95. The molecule has 2 heterocycles. The molecule has 8 nitrogen and oxygen atoms in total. The number of nitrogens with zero attached hydrogens (tertiary/aromatic N) is 4. The highest BCUT2D eigenvalue weighted by molar-refractivity contribution is 5.28. The molecule has 0 unspecified atom stereocenters. The summed E-state index contributed by atoms with van der Waals surface area (Å²) >= 11 is 0. The number of pyridine rings is 1. The molecule has 0 aliphatic carbocycles. The fraction of sp³-hybridized carbons (Fsp3) is 0.273. The van der Waals surface area contributed by atoms with Crippen molar-refractivity contribution in [3.63, 3.8) is 0 Å². The van der Waals surface area contributed by atoms with Crippen LogP contribution in [0.5, 0.6) is 17.8 Å². The van der Waals surface area contributed by atoms with E-state index in [1.807, 2.05) is 19.9 Å². The number of rotatable bonds is 5. The van der Waals surface area contributed by atoms with Crippen molar-refractivity contribution in [3.05, 3.63) is 24.0 Å². The second-order valence-electron chi connectivity index (χ2n) is 3.54. The van der Waals surface area contributed by atoms with Crippen molar-refractivity contribution in [3.8, 4) is 17.8 Å². The highest BCUT2D eigenvalue weighted by atomic mass is 16.5. The molecule has 0 aliphatic heterocycles. The van der Waals surface area contributed by atoms with Gasteiger partial charge in [0.1, 0.15) is 5.75 Å². The van der Waals surface area contributed by atoms with Crippen LogP contribution in [-0.2, 0) is 0 Å². The van der Waals surface area contributed by atoms with E-state index in [0.717, 1.165) is 5.69 Å². The van der Waals surface area contributed by atoms with Crippen molar-refractivity contribution >= 4 is 5.95 Å². The van der Waals surface area contributed by atoms with E-state index >= 15 is 0 Å². The molecule has 0 saturated heterocycles. The molecular formula is C11H14N6O2. The molecule has 0 amide bonds. The Labute approximate surface area is 110 Å². The van der Waals surface area contributed by atoms with E-state index in [9.17, 15) is 0 Å². The van der Waals surface area contributed by atoms with E-state index in [2.05, 4.69) is 25.4 Å². The van der Waals surface area contributed by atoms with Crippen LogP contribution in [-0.4, -0.2) is 26.5 Å². The summed E-state index contributed by atoms with van der Waals surface area (Å²) in [7, 11) is 0. The summed E-state index contributed by atoms with van der Waals surface area (Å²) in [4.78, 5) is 16.0. The lowest BCUT2D eigenvalue weighted by Gasteiger charge is -2.07. The molecule has 2 rings (SSSR count). The number of aryl methyl sites for hydroxylation is 1. The molecule has 0 spiro atoms. The summed E-state index contributed by atoms with van der Waals surface area (Å²) in [6.07, 6.45) is 1.58. The highest BCUT2D eigenvalue weighted by Crippen LogP contribution is 2.19. The van der Waals surface area contributed by atoms with Crippen LogP contribution in [0, 0.1) is 6.92 Å². The van der Waals surface area contributed by atoms with Gasteiger partial charge in [0.25, 0.3) is 0 Å². The first-order chi connectivity index (χ1) is 9.21. The third-order valence-corrected chi connectivity index (χ3v) is 2.09. The van der Waals surface area contributed by atoms with E-state index in [4.69, 9.17) is 15.3 Å². The first kappa shape index (κ1) is 13.0. The molecule has 0 radical (unpaired) electrons. The number of hydrogen-bond acceptors (Lipinski definition) is 8. The Morgan fingerprint density at radius 1 is 1.21 bits per heavy atom. The minimum atomic E-state index is 0.0806. The number of nitrogens with two attached hydrogens (primary N) is 1. The van der Waals surface area contributed by atoms with E-state index in [1.54, 1.807) is 12.3 Å². The molecule has 0 atom stereocenters. The van der Waals surface area contributed by atoms with Gasteiger partial charge in [-0.3, -0.25) is 10.4 Å². The summed E-state index contributed by atoms with van der Waals surface area (Å²) < 4.78 is 10.7. The van der Waals surface area contributed by atoms with Gasteiger partial charge in [-0.2, -0.15) is 9.97 Å². The number of nitrogen functional groups attached to an aromatic ring is 1. The Morgan fingerprint density at radius 2 is 2.00 bits per heavy atom. The van der Waals surface area contributed by atoms with Crippen LogP contribution in [0.25, 0.3) is 0 Å². The third kappa shape index (κ3) is 3.49. The van der Waals surface area contributed by atoms with Gasteiger partial charge in [-0.25, -0.2) is 5.84 Å². The van der Waals surface area contributed by atoms with Crippen LogP contribution >= 0.6 is 0 Å². The molecule has 8 heteroatoms. The molecule has 19 heavy (non-hydrogen) atoms. The zero-order valence-corrected chi connectivity index (χ0v) is 10.6. The van der Waals surface area contributed by atoms with Crippen LogP contribution in [0.4, 0.5) is 5.95 Å². The molecule has 0 fully saturated rings. The molecule has 100 valence electrons. The molecule has 2 aromatic rings. The Morgan fingerprint density at radius 3 is 2.63 bits per heavy atom. The van der Waals surface area contributed by atoms with Crippen LogP contribution in [0.15, 0.2) is 18.3 Å². The lowest BCUT2D eigenvalue weighted by molar-refractivity contribution is 0.303. The normalized spacial score (nSPS) is 10.1. The van der Waals surface area contributed by atoms with Gasteiger partial charge in [-0.1, -0.05) is 0 Å². The summed E-state index contributed by atoms with van der Waals surface area (Å²) in [6, 6.07) is 3.81. The lowest BCUT2D eigenvalue weighted by atomic mass is 10.4. The number of nitrogens with one attached hydrogen (secondary N) is 1. The fourth-order valence-electron chi connectivity index (χ4n) is 1.26. The van der Waals surface area contributed by atoms with Gasteiger partial charge < -0.3 is 9.47 Å². The van der Waals surface area contributed by atoms with Crippen molar-refractivity contribution in [2.75, 3.05) is 12.0 Å². The number of aromatic nitrogens is 4. The summed E-state index contributed by atoms with van der Waals surface area (Å²) in [5.41, 5.74) is 3.21. The number of hydrazine groups is 1. The Bertz CT molecular complexity index is 545. The second-order valence-corrected chi connectivity index (χ2v) is 3.54. The quantitative estimate of drug-likeness (QED) is 0.608. The average molecular weight is 262 g/mol. The monoisotopic (exact) mass is 262 g/mol. The van der Waals surface area contributed by atoms with Crippen molar-refractivity contribution in [1.29, 1.82) is 0 Å². The Balaban J connectivity index is 2.23. The van der Waals surface area contributed by atoms with Crippen molar-refractivity contribution in [1.82, 2.24) is 19.9 Å². The van der Waals surface area contributed by atoms with Crippen LogP contribution in [0.3, 0.4) is 0 Å². The van der Waals surface area contributed by atoms with Gasteiger partial charge in [0.2, 0.25) is 5.95 Å². The van der Waals surface area contributed by atoms with Gasteiger partial charge in [-0.15, -0.1) is 4.98 Å². The molecule has 0 bridgehead atoms. The largest absolute Gasteiger partial charge is 0.464 e. The number of hydrogen-bond donors (Lipinski definition) is 2. The standard InChI is InChI=1S/C11H14N6O2/c1-3-18-10-14-9(17-12)15-11(16-10)19-8-5-4-7(2)13-6-8/h4-6H,3,12H2,1-2H3,(H,14,15,16,17). The molecule has 2 aromatic heterocycles. The Kier molecular flexibility index (Phi) is 4.04. The number of anilines is 1. The topological polar surface area (TPSA) is 108 Å². The molecule has 0 aromatic carbocycles. The maximum Gasteiger partial charge on any atom is 0.330 e. The first-order valence-corrected chi connectivity index (χ1v) is 5.67. The maximum absolute atomic E-state index is 5.46. The van der Waals surface area contributed by atoms with E-state index in [1.165, 1.54) is 0 Å². The van der Waals surface area contributed by atoms with Crippen LogP contribution in [0.1, 0.15) is 12.6 Å². The van der Waals surface area contributed by atoms with Crippen LogP contribution < -0.4 is 20.7 Å². The first-order valence-electron chi connectivity index (χ1n) is 5.67. The highest BCUT2D eigenvalue weighted by Gasteiger charge is 2.08. The average Bonchev–Trinajstić information content (AvgIpc) is 2.41. The minimum absolute atomic E-state index is 0.0806. The van der Waals surface area contributed by atoms with E-state index in [-0.39, 0.29) is 18.0 Å². The molecule has 3 N–H and O–H groups in total. The van der Waals surface area contributed by atoms with Crippen molar-refractivity contribution < 1.29 is 9.47 Å². The third-order valence-electron chi connectivity index (χ3n) is 2.09. The van der Waals surface area contributed by atoms with Gasteiger partial charge >= 0.3 is 12.0 Å². The second kappa shape index (κ2) is 5.91. The minimum Gasteiger partial charge on any atom is -0.464 e. The fourth-order valence-corrected chi connectivity index (χ4v) is 1.26. The van der Waals surface area contributed by atoms with Gasteiger partial charge in [-0.05, 0) is 26.0 Å². The molecule has 0 aliphatic rings. The smallest absolute Gasteiger partial charge is 0.330 e. The van der Waals surface area contributed by atoms with Gasteiger partial charge in [0.15, 0.2) is 0 Å².